The predicted octanol–water partition coefficient (Wildman–Crippen LogP) is -2.16. The van der Waals surface area contributed by atoms with Crippen LogP contribution < -0.4 is 68.9 Å². The van der Waals surface area contributed by atoms with Crippen molar-refractivity contribution in [3.63, 3.8) is 0 Å². The van der Waals surface area contributed by atoms with E-state index >= 15 is 0 Å². The first-order valence-electron chi connectivity index (χ1n) is 3.84. The van der Waals surface area contributed by atoms with Crippen LogP contribution in [0.5, 0.6) is 0 Å². The molecule has 2 heterocycles. The summed E-state index contributed by atoms with van der Waals surface area (Å²) in [4.78, 5) is 2.58. The van der Waals surface area contributed by atoms with E-state index < -0.39 is 0 Å². The van der Waals surface area contributed by atoms with Crippen molar-refractivity contribution in [3.8, 4) is 0 Å². The van der Waals surface area contributed by atoms with Gasteiger partial charge in [-0.25, -0.2) is 0 Å². The number of piperazine rings is 1. The molecule has 0 radical (unpaired) electrons. The summed E-state index contributed by atoms with van der Waals surface area (Å²) in [6.07, 6.45) is 2.80. The molecule has 0 aromatic carbocycles. The zero-order valence-corrected chi connectivity index (χ0v) is 13.0. The third kappa shape index (κ3) is 2.23. The van der Waals surface area contributed by atoms with Gasteiger partial charge >= 0.3 is 68.9 Å². The van der Waals surface area contributed by atoms with Crippen LogP contribution in [0.3, 0.4) is 0 Å². The molecule has 52 valence electrons. The van der Waals surface area contributed by atoms with E-state index in [0.29, 0.717) is 0 Å². The van der Waals surface area contributed by atoms with E-state index in [9.17, 15) is 0 Å². The van der Waals surface area contributed by atoms with Crippen LogP contribution in [0.2, 0.25) is 0 Å². The molecule has 0 N–H and O–H groups in total. The zero-order chi connectivity index (χ0) is 6.10. The van der Waals surface area contributed by atoms with E-state index in [1.165, 1.54) is 25.9 Å². The van der Waals surface area contributed by atoms with E-state index in [4.69, 9.17) is 0 Å². The van der Waals surface area contributed by atoms with Crippen molar-refractivity contribution in [3.05, 3.63) is 5.32 Å². The molecule has 0 aromatic heterocycles. The van der Waals surface area contributed by atoms with Crippen molar-refractivity contribution >= 4 is 0 Å². The molecule has 2 fully saturated rings. The quantitative estimate of drug-likeness (QED) is 0.484. The van der Waals surface area contributed by atoms with E-state index in [0.717, 1.165) is 19.1 Å². The number of hydrogen-bond acceptors (Lipinski definition) is 1. The van der Waals surface area contributed by atoms with Crippen LogP contribution in [0.1, 0.15) is 12.8 Å². The van der Waals surface area contributed by atoms with Crippen LogP contribution in [0, 0.1) is 0 Å². The molecule has 1 unspecified atom stereocenters. The SMILES string of the molecule is C1CC2C[N-]CCN2C1.[Cs+]. The minimum Gasteiger partial charge on any atom is -0.660 e. The number of hydrogen-bond donors (Lipinski definition) is 0. The largest absolute Gasteiger partial charge is 1.00 e. The molecule has 0 bridgehead atoms. The minimum atomic E-state index is 0. The van der Waals surface area contributed by atoms with Crippen molar-refractivity contribution in [2.45, 2.75) is 18.9 Å². The van der Waals surface area contributed by atoms with E-state index in [2.05, 4.69) is 10.2 Å². The van der Waals surface area contributed by atoms with Gasteiger partial charge in [0.2, 0.25) is 0 Å². The van der Waals surface area contributed by atoms with Gasteiger partial charge in [-0.3, -0.25) is 0 Å². The molecular formula is C7H13CsN2. The average Bonchev–Trinajstić information content (AvgIpc) is 2.33. The second-order valence-electron chi connectivity index (χ2n) is 2.96. The smallest absolute Gasteiger partial charge is 0.660 e. The Hall–Kier alpha value is 1.97. The van der Waals surface area contributed by atoms with E-state index in [-0.39, 0.29) is 68.9 Å². The first-order valence-corrected chi connectivity index (χ1v) is 3.84. The van der Waals surface area contributed by atoms with Crippen molar-refractivity contribution in [1.82, 2.24) is 4.90 Å². The fraction of sp³-hybridized carbons (Fsp3) is 1.00. The summed E-state index contributed by atoms with van der Waals surface area (Å²) in [5.74, 6) is 0. The molecular weight excluding hydrogens is 245 g/mol. The summed E-state index contributed by atoms with van der Waals surface area (Å²) in [6, 6.07) is 0.832. The minimum absolute atomic E-state index is 0. The fourth-order valence-corrected chi connectivity index (χ4v) is 1.84. The Labute approximate surface area is 122 Å². The van der Waals surface area contributed by atoms with Crippen LogP contribution >= 0.6 is 0 Å². The van der Waals surface area contributed by atoms with Gasteiger partial charge in [0.25, 0.3) is 0 Å². The Bertz CT molecular complexity index is 95.8. The first-order chi connectivity index (χ1) is 4.47. The second-order valence-corrected chi connectivity index (χ2v) is 2.96. The Morgan fingerprint density at radius 1 is 1.30 bits per heavy atom. The van der Waals surface area contributed by atoms with Crippen LogP contribution in [-0.4, -0.2) is 37.1 Å². The fourth-order valence-electron chi connectivity index (χ4n) is 1.84. The van der Waals surface area contributed by atoms with Gasteiger partial charge in [0.05, 0.1) is 0 Å². The van der Waals surface area contributed by atoms with Crippen molar-refractivity contribution < 1.29 is 68.9 Å². The number of nitrogens with zero attached hydrogens (tertiary/aromatic N) is 2. The van der Waals surface area contributed by atoms with Crippen molar-refractivity contribution in [2.24, 2.45) is 0 Å². The topological polar surface area (TPSA) is 17.3 Å². The van der Waals surface area contributed by atoms with Crippen LogP contribution in [0.25, 0.3) is 5.32 Å². The Kier molecular flexibility index (Phi) is 4.89. The maximum Gasteiger partial charge on any atom is 1.00 e. The molecule has 2 aliphatic rings. The summed E-state index contributed by atoms with van der Waals surface area (Å²) in [5.41, 5.74) is 0. The molecule has 0 aliphatic carbocycles. The summed E-state index contributed by atoms with van der Waals surface area (Å²) in [7, 11) is 0. The van der Waals surface area contributed by atoms with Crippen LogP contribution in [0.15, 0.2) is 0 Å². The van der Waals surface area contributed by atoms with Gasteiger partial charge in [0.15, 0.2) is 0 Å². The van der Waals surface area contributed by atoms with Gasteiger partial charge in [-0.2, -0.15) is 0 Å². The standard InChI is InChI=1S/C7H13N2.Cs/c1-2-7-6-8-3-5-9(7)4-1;/h7H,1-6H2;/q-1;+1. The van der Waals surface area contributed by atoms with Gasteiger partial charge in [-0.1, -0.05) is 0 Å². The maximum absolute atomic E-state index is 4.38. The maximum atomic E-state index is 4.38. The molecule has 2 nitrogen and oxygen atoms in total. The molecule has 2 saturated heterocycles. The van der Waals surface area contributed by atoms with Crippen molar-refractivity contribution in [2.75, 3.05) is 26.2 Å². The monoisotopic (exact) mass is 258 g/mol. The van der Waals surface area contributed by atoms with Gasteiger partial charge < -0.3 is 10.2 Å². The molecule has 0 aromatic rings. The molecule has 0 saturated carbocycles. The predicted molar refractivity (Wildman–Crippen MR) is 37.7 cm³/mol. The summed E-state index contributed by atoms with van der Waals surface area (Å²) in [5, 5.41) is 4.38. The first kappa shape index (κ1) is 10.1. The Morgan fingerprint density at radius 2 is 2.20 bits per heavy atom. The molecule has 0 amide bonds. The Balaban J connectivity index is 0.000000500. The number of rotatable bonds is 0. The van der Waals surface area contributed by atoms with Crippen LogP contribution in [0.4, 0.5) is 0 Å². The second kappa shape index (κ2) is 4.87. The molecule has 10 heavy (non-hydrogen) atoms. The van der Waals surface area contributed by atoms with E-state index in [1.54, 1.807) is 0 Å². The van der Waals surface area contributed by atoms with Gasteiger partial charge in [0, 0.05) is 0 Å². The zero-order valence-electron chi connectivity index (χ0n) is 6.71. The third-order valence-corrected chi connectivity index (χ3v) is 2.38. The van der Waals surface area contributed by atoms with E-state index in [1.807, 2.05) is 0 Å². The normalized spacial score (nSPS) is 33.0. The summed E-state index contributed by atoms with van der Waals surface area (Å²) < 4.78 is 0. The molecule has 0 spiro atoms. The van der Waals surface area contributed by atoms with Gasteiger partial charge in [0.1, 0.15) is 0 Å². The molecule has 2 rings (SSSR count). The third-order valence-electron chi connectivity index (χ3n) is 2.38. The average molecular weight is 258 g/mol. The molecule has 3 heteroatoms. The van der Waals surface area contributed by atoms with Gasteiger partial charge in [-0.05, 0) is 32.0 Å². The molecule has 2 aliphatic heterocycles. The summed E-state index contributed by atoms with van der Waals surface area (Å²) >= 11 is 0. The number of fused-ring (bicyclic) bond motifs is 1. The van der Waals surface area contributed by atoms with Crippen molar-refractivity contribution in [1.29, 1.82) is 0 Å². The molecule has 1 atom stereocenters. The van der Waals surface area contributed by atoms with Crippen LogP contribution in [-0.2, 0) is 0 Å². The summed E-state index contributed by atoms with van der Waals surface area (Å²) in [6.45, 7) is 4.75. The Morgan fingerprint density at radius 3 is 3.00 bits per heavy atom. The van der Waals surface area contributed by atoms with Gasteiger partial charge in [-0.15, -0.1) is 13.1 Å².